The Labute approximate surface area is 325 Å². The highest BCUT2D eigenvalue weighted by Crippen LogP contribution is 2.36. The van der Waals surface area contributed by atoms with Crippen LogP contribution in [0.25, 0.3) is 22.2 Å². The molecule has 1 aliphatic carbocycles. The molecule has 2 heterocycles. The number of aromatic nitrogens is 1. The van der Waals surface area contributed by atoms with Crippen LogP contribution in [0.15, 0.2) is 114 Å². The largest absolute Gasteiger partial charge is 0.497 e. The third-order valence-electron chi connectivity index (χ3n) is 10.5. The molecule has 2 aliphatic rings. The monoisotopic (exact) mass is 747 g/mol. The number of hydrazone groups is 1. The first-order valence-corrected chi connectivity index (χ1v) is 19.2. The highest BCUT2D eigenvalue weighted by atomic mass is 32.1. The van der Waals surface area contributed by atoms with E-state index in [4.69, 9.17) is 20.3 Å². The van der Waals surface area contributed by atoms with Crippen molar-refractivity contribution in [3.05, 3.63) is 109 Å². The number of nitrogens with zero attached hydrogens (tertiary/aromatic N) is 4. The Kier molecular flexibility index (Phi) is 14.5. The summed E-state index contributed by atoms with van der Waals surface area (Å²) in [5, 5.41) is 15.6. The maximum absolute atomic E-state index is 12.9. The number of allylic oxidation sites excluding steroid dienone is 2. The van der Waals surface area contributed by atoms with Crippen molar-refractivity contribution in [3.63, 3.8) is 0 Å². The molecule has 9 nitrogen and oxygen atoms in total. The quantitative estimate of drug-likeness (QED) is 0.0437. The molecule has 3 N–H and O–H groups in total. The zero-order valence-corrected chi connectivity index (χ0v) is 32.5. The molecule has 6 rings (SSSR count). The normalized spacial score (nSPS) is 19.1. The molecule has 3 unspecified atom stereocenters. The Hall–Kier alpha value is -4.93. The second-order valence-corrected chi connectivity index (χ2v) is 14.3. The smallest absolute Gasteiger partial charge is 0.278 e. The number of carbonyl (C=O) groups is 1. The number of thiol groups is 1. The number of aliphatic imine (C=N–C) groups is 1. The van der Waals surface area contributed by atoms with Crippen molar-refractivity contribution in [3.8, 4) is 28.5 Å². The number of para-hydroxylation sites is 1. The van der Waals surface area contributed by atoms with Gasteiger partial charge in [0.15, 0.2) is 0 Å². The molecule has 1 amide bonds. The number of aliphatic hydroxyl groups is 1. The van der Waals surface area contributed by atoms with Crippen LogP contribution in [0.3, 0.4) is 0 Å². The number of hydrogen-bond donors (Lipinski definition) is 3. The van der Waals surface area contributed by atoms with E-state index in [1.807, 2.05) is 110 Å². The number of benzene rings is 3. The van der Waals surface area contributed by atoms with Crippen molar-refractivity contribution in [2.24, 2.45) is 27.8 Å². The van der Waals surface area contributed by atoms with Crippen molar-refractivity contribution in [1.82, 2.24) is 9.88 Å². The highest BCUT2D eigenvalue weighted by molar-refractivity contribution is 7.96. The zero-order valence-electron chi connectivity index (χ0n) is 31.6. The van der Waals surface area contributed by atoms with Gasteiger partial charge in [0.05, 0.1) is 18.3 Å². The predicted molar refractivity (Wildman–Crippen MR) is 224 cm³/mol. The van der Waals surface area contributed by atoms with Crippen molar-refractivity contribution in [2.75, 3.05) is 20.2 Å². The minimum absolute atomic E-state index is 0.0737. The Balaban J connectivity index is 0.00000133. The number of rotatable bonds is 12. The van der Waals surface area contributed by atoms with Crippen LogP contribution in [-0.2, 0) is 6.42 Å². The molecular formula is C44H53N5O4S. The van der Waals surface area contributed by atoms with Gasteiger partial charge in [-0.3, -0.25) is 9.79 Å². The van der Waals surface area contributed by atoms with E-state index in [0.717, 1.165) is 70.7 Å². The van der Waals surface area contributed by atoms with Crippen LogP contribution in [0, 0.1) is 11.8 Å². The lowest BCUT2D eigenvalue weighted by atomic mass is 9.79. The van der Waals surface area contributed by atoms with E-state index in [9.17, 15) is 9.90 Å². The average Bonchev–Trinajstić information content (AvgIpc) is 3.65. The summed E-state index contributed by atoms with van der Waals surface area (Å²) < 4.78 is 11.6. The van der Waals surface area contributed by atoms with Crippen LogP contribution in [0.5, 0.6) is 17.2 Å². The average molecular weight is 748 g/mol. The van der Waals surface area contributed by atoms with Gasteiger partial charge in [-0.2, -0.15) is 5.10 Å². The first-order chi connectivity index (χ1) is 26.2. The molecule has 2 fully saturated rings. The van der Waals surface area contributed by atoms with Gasteiger partial charge in [-0.05, 0) is 124 Å². The summed E-state index contributed by atoms with van der Waals surface area (Å²) in [7, 11) is 1.66. The summed E-state index contributed by atoms with van der Waals surface area (Å²) in [6.45, 7) is 9.22. The second-order valence-electron chi connectivity index (χ2n) is 13.9. The number of ether oxygens (including phenoxy) is 2. The van der Waals surface area contributed by atoms with Crippen LogP contribution in [0.4, 0.5) is 4.79 Å². The van der Waals surface area contributed by atoms with Gasteiger partial charge >= 0.3 is 0 Å². The molecule has 1 saturated heterocycles. The van der Waals surface area contributed by atoms with Gasteiger partial charge in [0.25, 0.3) is 5.24 Å². The van der Waals surface area contributed by atoms with Gasteiger partial charge in [-0.15, -0.1) is 6.58 Å². The number of nitrogens with two attached hydrogens (primary N) is 1. The van der Waals surface area contributed by atoms with E-state index < -0.39 is 5.60 Å². The van der Waals surface area contributed by atoms with Gasteiger partial charge in [-0.1, -0.05) is 61.9 Å². The Bertz CT molecular complexity index is 1940. The maximum atomic E-state index is 12.9. The van der Waals surface area contributed by atoms with Gasteiger partial charge in [0, 0.05) is 36.3 Å². The number of pyridine rings is 1. The number of likely N-dealkylation sites (tertiary alicyclic amines) is 1. The van der Waals surface area contributed by atoms with E-state index in [1.165, 1.54) is 0 Å². The van der Waals surface area contributed by atoms with Gasteiger partial charge < -0.3 is 25.3 Å². The van der Waals surface area contributed by atoms with Crippen LogP contribution >= 0.6 is 12.6 Å². The topological polar surface area (TPSA) is 123 Å². The Morgan fingerprint density at radius 3 is 2.37 bits per heavy atom. The van der Waals surface area contributed by atoms with Crippen LogP contribution in [0.2, 0.25) is 0 Å². The summed E-state index contributed by atoms with van der Waals surface area (Å²) in [4.78, 5) is 24.4. The molecule has 10 heteroatoms. The van der Waals surface area contributed by atoms with Gasteiger partial charge in [0.1, 0.15) is 28.6 Å². The number of fused-ring (bicyclic) bond motifs is 1. The molecule has 4 aromatic rings. The Morgan fingerprint density at radius 1 is 1.06 bits per heavy atom. The molecule has 1 aromatic heterocycles. The lowest BCUT2D eigenvalue weighted by molar-refractivity contribution is 0.122. The first kappa shape index (κ1) is 40.3. The van der Waals surface area contributed by atoms with Crippen LogP contribution in [-0.4, -0.2) is 64.0 Å². The fraction of sp³-hybridized carbons (Fsp3) is 0.364. The second kappa shape index (κ2) is 19.4. The maximum Gasteiger partial charge on any atom is 0.278 e. The van der Waals surface area contributed by atoms with Crippen molar-refractivity contribution in [2.45, 2.75) is 70.4 Å². The van der Waals surface area contributed by atoms with Gasteiger partial charge in [0.2, 0.25) is 0 Å². The number of carbonyl (C=O) groups excluding carboxylic acids is 1. The number of hydrogen-bond acceptors (Lipinski definition) is 8. The summed E-state index contributed by atoms with van der Waals surface area (Å²) in [6.07, 6.45) is 12.9. The molecule has 0 bridgehead atoms. The third-order valence-corrected chi connectivity index (χ3v) is 10.8. The van der Waals surface area contributed by atoms with Crippen LogP contribution < -0.4 is 15.3 Å². The van der Waals surface area contributed by atoms with Crippen molar-refractivity contribution >= 4 is 40.7 Å². The third kappa shape index (κ3) is 10.2. The summed E-state index contributed by atoms with van der Waals surface area (Å²) in [5.41, 5.74) is 3.14. The highest BCUT2D eigenvalue weighted by Gasteiger charge is 2.37. The fourth-order valence-corrected chi connectivity index (χ4v) is 7.64. The van der Waals surface area contributed by atoms with E-state index in [2.05, 4.69) is 35.4 Å². The summed E-state index contributed by atoms with van der Waals surface area (Å²) in [6, 6.07) is 25.5. The van der Waals surface area contributed by atoms with Crippen LogP contribution in [0.1, 0.15) is 57.9 Å². The van der Waals surface area contributed by atoms with Gasteiger partial charge in [-0.25, -0.2) is 4.98 Å². The number of piperidine rings is 1. The minimum atomic E-state index is -1.00. The SMILES string of the molecule is C/C=C\C.C=CC(CN=C/C(=N\N)C1(O)CCCC1)C1CCN(C(=O)S)C(Cc2cc(-c3ccc(Oc4ccccc4)cc3)nc3ccc(OC)cc23)C1. The molecule has 1 saturated carbocycles. The van der Waals surface area contributed by atoms with E-state index >= 15 is 0 Å². The fourth-order valence-electron chi connectivity index (χ4n) is 7.37. The standard InChI is InChI=1S/C40H45N5O4S.C4H8/c1-3-27(25-42-26-38(44-41)40(47)18-7-8-19-40)29-17-20-45(39(46)50)31(21-29)22-30-23-37(43-36-16-15-34(48-2)24-35(30)36)28-11-13-33(14-12-28)49-32-9-5-4-6-10-32;1-3-4-2/h3-6,9-16,23-24,26-27,29,31,47H,1,7-8,17-22,25,41H2,2H3,(H,46,50);3-4H,1-2H3/b42-26?,44-38+;4-3-. The Morgan fingerprint density at radius 2 is 1.74 bits per heavy atom. The molecule has 0 radical (unpaired) electrons. The number of methoxy groups -OCH3 is 1. The molecule has 284 valence electrons. The molecule has 0 spiro atoms. The molecule has 54 heavy (non-hydrogen) atoms. The first-order valence-electron chi connectivity index (χ1n) is 18.7. The summed E-state index contributed by atoms with van der Waals surface area (Å²) in [5.74, 6) is 8.23. The van der Waals surface area contributed by atoms with E-state index in [-0.39, 0.29) is 23.1 Å². The molecule has 3 atom stereocenters. The molecular weight excluding hydrogens is 695 g/mol. The predicted octanol–water partition coefficient (Wildman–Crippen LogP) is 9.45. The number of amides is 1. The zero-order chi connectivity index (χ0) is 38.5. The van der Waals surface area contributed by atoms with Crippen molar-refractivity contribution < 1.29 is 19.4 Å². The molecule has 1 aliphatic heterocycles. The lowest BCUT2D eigenvalue weighted by Crippen LogP contribution is -2.46. The summed E-state index contributed by atoms with van der Waals surface area (Å²) >= 11 is 4.29. The lowest BCUT2D eigenvalue weighted by Gasteiger charge is -2.41. The van der Waals surface area contributed by atoms with Crippen molar-refractivity contribution in [1.29, 1.82) is 0 Å². The minimum Gasteiger partial charge on any atom is -0.497 e. The molecule has 3 aromatic carbocycles. The van der Waals surface area contributed by atoms with E-state index in [1.54, 1.807) is 13.3 Å². The van der Waals surface area contributed by atoms with E-state index in [0.29, 0.717) is 38.1 Å².